The van der Waals surface area contributed by atoms with E-state index >= 15 is 0 Å². The lowest BCUT2D eigenvalue weighted by molar-refractivity contribution is -0.120. The smallest absolute Gasteiger partial charge is 0.238 e. The van der Waals surface area contributed by atoms with Crippen molar-refractivity contribution in [3.63, 3.8) is 0 Å². The molecule has 3 N–H and O–H groups in total. The molecule has 180 valence electrons. The summed E-state index contributed by atoms with van der Waals surface area (Å²) in [6, 6.07) is 17.5. The summed E-state index contributed by atoms with van der Waals surface area (Å²) < 4.78 is 10.7. The second-order valence-electron chi connectivity index (χ2n) is 8.93. The lowest BCUT2D eigenvalue weighted by atomic mass is 9.79. The minimum absolute atomic E-state index is 0.0124. The van der Waals surface area contributed by atoms with Gasteiger partial charge in [0.1, 0.15) is 5.82 Å². The van der Waals surface area contributed by atoms with Crippen LogP contribution < -0.4 is 16.0 Å². The van der Waals surface area contributed by atoms with Crippen LogP contribution in [0.15, 0.2) is 60.8 Å². The van der Waals surface area contributed by atoms with Crippen molar-refractivity contribution in [1.29, 1.82) is 0 Å². The number of fused-ring (bicyclic) bond motifs is 3. The molecule has 35 heavy (non-hydrogen) atoms. The third-order valence-corrected chi connectivity index (χ3v) is 6.80. The van der Waals surface area contributed by atoms with Gasteiger partial charge < -0.3 is 25.4 Å². The van der Waals surface area contributed by atoms with E-state index < -0.39 is 11.7 Å². The number of aromatic nitrogens is 1. The van der Waals surface area contributed by atoms with Crippen LogP contribution in [-0.2, 0) is 43.9 Å². The van der Waals surface area contributed by atoms with Gasteiger partial charge in [-0.2, -0.15) is 0 Å². The number of rotatable bonds is 8. The van der Waals surface area contributed by atoms with E-state index in [9.17, 15) is 9.59 Å². The second kappa shape index (κ2) is 9.58. The molecule has 0 bridgehead atoms. The molecule has 1 atom stereocenters. The van der Waals surface area contributed by atoms with Crippen molar-refractivity contribution in [1.82, 2.24) is 10.3 Å². The molecule has 8 heteroatoms. The summed E-state index contributed by atoms with van der Waals surface area (Å²) in [4.78, 5) is 29.8. The number of hydrogen-bond acceptors (Lipinski definition) is 6. The average molecular weight is 473 g/mol. The number of methoxy groups -OCH3 is 2. The molecule has 3 aromatic rings. The van der Waals surface area contributed by atoms with Crippen LogP contribution in [0.1, 0.15) is 34.1 Å². The van der Waals surface area contributed by atoms with Gasteiger partial charge in [0.05, 0.1) is 12.0 Å². The number of pyridine rings is 1. The van der Waals surface area contributed by atoms with Crippen LogP contribution in [0.25, 0.3) is 0 Å². The van der Waals surface area contributed by atoms with E-state index in [0.717, 1.165) is 33.5 Å². The van der Waals surface area contributed by atoms with Gasteiger partial charge >= 0.3 is 0 Å². The summed E-state index contributed by atoms with van der Waals surface area (Å²) in [7, 11) is 3.19. The van der Waals surface area contributed by atoms with Crippen molar-refractivity contribution in [2.45, 2.75) is 31.1 Å². The van der Waals surface area contributed by atoms with E-state index in [1.165, 1.54) is 0 Å². The number of amides is 2. The maximum absolute atomic E-state index is 12.9. The van der Waals surface area contributed by atoms with Gasteiger partial charge in [0.25, 0.3) is 0 Å². The van der Waals surface area contributed by atoms with Gasteiger partial charge in [-0.05, 0) is 47.7 Å². The normalized spacial score (nSPS) is 18.0. The minimum atomic E-state index is -0.619. The molecule has 0 fully saturated rings. The Morgan fingerprint density at radius 1 is 1.09 bits per heavy atom. The molecule has 0 radical (unpaired) electrons. The highest BCUT2D eigenvalue weighted by atomic mass is 16.7. The molecule has 1 aliphatic carbocycles. The van der Waals surface area contributed by atoms with E-state index in [1.807, 2.05) is 54.6 Å². The lowest BCUT2D eigenvalue weighted by Crippen LogP contribution is -2.35. The fourth-order valence-electron chi connectivity index (χ4n) is 5.14. The Morgan fingerprint density at radius 2 is 1.89 bits per heavy atom. The number of carbonyl (C=O) groups excluding carboxylic acids is 2. The highest BCUT2D eigenvalue weighted by Gasteiger charge is 2.51. The number of nitrogens with one attached hydrogen (secondary N) is 3. The maximum atomic E-state index is 12.9. The summed E-state index contributed by atoms with van der Waals surface area (Å²) in [6.45, 7) is 0.656. The van der Waals surface area contributed by atoms with Gasteiger partial charge in [-0.3, -0.25) is 9.59 Å². The van der Waals surface area contributed by atoms with Crippen molar-refractivity contribution in [2.24, 2.45) is 0 Å². The van der Waals surface area contributed by atoms with E-state index in [-0.39, 0.29) is 18.4 Å². The number of ether oxygens (including phenoxy) is 2. The van der Waals surface area contributed by atoms with Crippen molar-refractivity contribution < 1.29 is 19.1 Å². The zero-order chi connectivity index (χ0) is 24.4. The first kappa shape index (κ1) is 23.2. The van der Waals surface area contributed by atoms with Crippen LogP contribution in [0, 0.1) is 0 Å². The Kier molecular flexibility index (Phi) is 6.34. The quantitative estimate of drug-likeness (QED) is 0.436. The standard InChI is InChI=1S/C27H28N4O4/c1-34-25(35-2)21-7-4-3-6-18(21)15-28-16-23(32)30-20-10-9-17-13-27(14-19(17)12-20)22-8-5-11-29-24(22)31-26(27)33/h3-12,25,28H,13-16H2,1-2H3,(H,30,32)(H,29,31,33). The molecule has 0 saturated heterocycles. The molecule has 2 amide bonds. The lowest BCUT2D eigenvalue weighted by Gasteiger charge is -2.20. The van der Waals surface area contributed by atoms with Crippen molar-refractivity contribution in [3.05, 3.63) is 88.6 Å². The third kappa shape index (κ3) is 4.32. The van der Waals surface area contributed by atoms with Crippen molar-refractivity contribution in [2.75, 3.05) is 31.4 Å². The van der Waals surface area contributed by atoms with Crippen molar-refractivity contribution >= 4 is 23.3 Å². The second-order valence-corrected chi connectivity index (χ2v) is 8.93. The largest absolute Gasteiger partial charge is 0.352 e. The molecule has 2 heterocycles. The average Bonchev–Trinajstić information content (AvgIpc) is 3.38. The van der Waals surface area contributed by atoms with E-state index in [4.69, 9.17) is 9.47 Å². The van der Waals surface area contributed by atoms with Crippen LogP contribution in [0.5, 0.6) is 0 Å². The predicted octanol–water partition coefficient (Wildman–Crippen LogP) is 3.09. The topological polar surface area (TPSA) is 102 Å². The Bertz CT molecular complexity index is 1270. The van der Waals surface area contributed by atoms with Crippen LogP contribution in [0.4, 0.5) is 11.5 Å². The Morgan fingerprint density at radius 3 is 2.71 bits per heavy atom. The summed E-state index contributed by atoms with van der Waals surface area (Å²) in [5.74, 6) is 0.494. The molecule has 8 nitrogen and oxygen atoms in total. The highest BCUT2D eigenvalue weighted by Crippen LogP contribution is 2.46. The van der Waals surface area contributed by atoms with Gasteiger partial charge in [0.15, 0.2) is 6.29 Å². The monoisotopic (exact) mass is 472 g/mol. The Labute approximate surface area is 204 Å². The van der Waals surface area contributed by atoms with Crippen LogP contribution in [-0.4, -0.2) is 37.6 Å². The minimum Gasteiger partial charge on any atom is -0.352 e. The molecule has 1 aliphatic heterocycles. The van der Waals surface area contributed by atoms with Gasteiger partial charge in [-0.15, -0.1) is 0 Å². The molecule has 1 spiro atoms. The Balaban J connectivity index is 1.21. The maximum Gasteiger partial charge on any atom is 0.238 e. The molecular weight excluding hydrogens is 444 g/mol. The molecule has 5 rings (SSSR count). The van der Waals surface area contributed by atoms with E-state index in [1.54, 1.807) is 20.4 Å². The first-order chi connectivity index (χ1) is 17.0. The highest BCUT2D eigenvalue weighted by molar-refractivity contribution is 6.06. The number of carbonyl (C=O) groups is 2. The number of nitrogens with zero attached hydrogens (tertiary/aromatic N) is 1. The third-order valence-electron chi connectivity index (χ3n) is 6.80. The van der Waals surface area contributed by atoms with Gasteiger partial charge in [0, 0.05) is 43.8 Å². The molecule has 1 aromatic heterocycles. The first-order valence-corrected chi connectivity index (χ1v) is 11.6. The van der Waals surface area contributed by atoms with Crippen LogP contribution >= 0.6 is 0 Å². The van der Waals surface area contributed by atoms with E-state index in [2.05, 4.69) is 20.9 Å². The van der Waals surface area contributed by atoms with Crippen LogP contribution in [0.2, 0.25) is 0 Å². The Hall–Kier alpha value is -3.59. The fourth-order valence-corrected chi connectivity index (χ4v) is 5.14. The van der Waals surface area contributed by atoms with Gasteiger partial charge in [-0.25, -0.2) is 4.98 Å². The van der Waals surface area contributed by atoms with Gasteiger partial charge in [0.2, 0.25) is 11.8 Å². The molecule has 1 unspecified atom stereocenters. The number of anilines is 2. The predicted molar refractivity (Wildman–Crippen MR) is 132 cm³/mol. The summed E-state index contributed by atoms with van der Waals surface area (Å²) in [6.07, 6.45) is 2.45. The fraction of sp³-hybridized carbons (Fsp3) is 0.296. The van der Waals surface area contributed by atoms with Crippen LogP contribution in [0.3, 0.4) is 0 Å². The zero-order valence-electron chi connectivity index (χ0n) is 19.8. The molecule has 2 aliphatic rings. The summed E-state index contributed by atoms with van der Waals surface area (Å²) in [5, 5.41) is 9.08. The zero-order valence-corrected chi connectivity index (χ0v) is 19.8. The first-order valence-electron chi connectivity index (χ1n) is 11.6. The SMILES string of the molecule is COC(OC)c1ccccc1CNCC(=O)Nc1ccc2c(c1)CC1(C2)C(=O)Nc2ncccc21. The molecule has 2 aromatic carbocycles. The summed E-state index contributed by atoms with van der Waals surface area (Å²) in [5.41, 5.74) is 5.16. The number of hydrogen-bond donors (Lipinski definition) is 3. The van der Waals surface area contributed by atoms with Gasteiger partial charge in [-0.1, -0.05) is 36.4 Å². The molecular formula is C27H28N4O4. The summed E-state index contributed by atoms with van der Waals surface area (Å²) >= 11 is 0. The number of benzene rings is 2. The molecule has 0 saturated carbocycles. The van der Waals surface area contributed by atoms with Crippen molar-refractivity contribution in [3.8, 4) is 0 Å². The van der Waals surface area contributed by atoms with E-state index in [0.29, 0.717) is 25.2 Å².